The van der Waals surface area contributed by atoms with E-state index in [9.17, 15) is 4.57 Å². The van der Waals surface area contributed by atoms with E-state index < -0.39 is 13.6 Å². The third-order valence-electron chi connectivity index (χ3n) is 1.65. The van der Waals surface area contributed by atoms with Crippen LogP contribution in [0.25, 0.3) is 0 Å². The SMILES string of the molecule is CCC(OC)(OC)[P+](=O)OCCCl. The van der Waals surface area contributed by atoms with Gasteiger partial charge in [-0.1, -0.05) is 6.92 Å². The predicted octanol–water partition coefficient (Wildman–Crippen LogP) is 2.34. The first-order chi connectivity index (χ1) is 6.16. The van der Waals surface area contributed by atoms with Crippen LogP contribution in [0.5, 0.6) is 0 Å². The summed E-state index contributed by atoms with van der Waals surface area (Å²) in [7, 11) is 0.856. The summed E-state index contributed by atoms with van der Waals surface area (Å²) in [6, 6.07) is 0. The van der Waals surface area contributed by atoms with Crippen LogP contribution in [0.4, 0.5) is 0 Å². The van der Waals surface area contributed by atoms with Crippen molar-refractivity contribution in [1.82, 2.24) is 0 Å². The smallest absolute Gasteiger partial charge is 0.311 e. The molecule has 4 nitrogen and oxygen atoms in total. The first-order valence-electron chi connectivity index (χ1n) is 3.93. The Balaban J connectivity index is 4.26. The molecular weight excluding hydrogens is 214 g/mol. The maximum atomic E-state index is 11.5. The molecule has 0 aromatic carbocycles. The molecule has 0 spiro atoms. The largest absolute Gasteiger partial charge is 0.575 e. The van der Waals surface area contributed by atoms with Gasteiger partial charge in [0.2, 0.25) is 0 Å². The average Bonchev–Trinajstić information content (AvgIpc) is 2.18. The molecule has 0 amide bonds. The van der Waals surface area contributed by atoms with Crippen LogP contribution in [0, 0.1) is 0 Å². The summed E-state index contributed by atoms with van der Waals surface area (Å²) in [5, 5.41) is 0. The second-order valence-corrected chi connectivity index (χ2v) is 4.09. The van der Waals surface area contributed by atoms with E-state index in [2.05, 4.69) is 0 Å². The molecule has 78 valence electrons. The van der Waals surface area contributed by atoms with Gasteiger partial charge < -0.3 is 9.47 Å². The fraction of sp³-hybridized carbons (Fsp3) is 1.00. The number of hydrogen-bond donors (Lipinski definition) is 0. The zero-order valence-electron chi connectivity index (χ0n) is 8.08. The Morgan fingerprint density at radius 2 is 1.92 bits per heavy atom. The molecule has 0 radical (unpaired) electrons. The highest BCUT2D eigenvalue weighted by molar-refractivity contribution is 7.40. The third-order valence-corrected chi connectivity index (χ3v) is 3.46. The Labute approximate surface area is 84.4 Å². The summed E-state index contributed by atoms with van der Waals surface area (Å²) in [6.07, 6.45) is 0.456. The number of alkyl halides is 1. The van der Waals surface area contributed by atoms with Crippen molar-refractivity contribution >= 4 is 19.6 Å². The Kier molecular flexibility index (Phi) is 6.82. The second-order valence-electron chi connectivity index (χ2n) is 2.25. The van der Waals surface area contributed by atoms with Crippen molar-refractivity contribution in [1.29, 1.82) is 0 Å². The first-order valence-corrected chi connectivity index (χ1v) is 5.64. The van der Waals surface area contributed by atoms with Crippen molar-refractivity contribution in [2.24, 2.45) is 0 Å². The molecule has 0 saturated heterocycles. The van der Waals surface area contributed by atoms with Crippen molar-refractivity contribution in [3.63, 3.8) is 0 Å². The molecule has 13 heavy (non-hydrogen) atoms. The van der Waals surface area contributed by atoms with Crippen molar-refractivity contribution in [2.45, 2.75) is 18.9 Å². The molecule has 0 bridgehead atoms. The van der Waals surface area contributed by atoms with Crippen molar-refractivity contribution in [3.8, 4) is 0 Å². The molecule has 1 unspecified atom stereocenters. The summed E-state index contributed by atoms with van der Waals surface area (Å²) in [5.41, 5.74) is -1.14. The maximum absolute atomic E-state index is 11.5. The molecule has 0 aromatic heterocycles. The molecule has 0 aliphatic heterocycles. The zero-order valence-corrected chi connectivity index (χ0v) is 9.73. The molecule has 0 heterocycles. The van der Waals surface area contributed by atoms with Crippen molar-refractivity contribution in [3.05, 3.63) is 0 Å². The van der Waals surface area contributed by atoms with Crippen LogP contribution in [0.15, 0.2) is 0 Å². The van der Waals surface area contributed by atoms with Gasteiger partial charge in [0.25, 0.3) is 0 Å². The average molecular weight is 230 g/mol. The fourth-order valence-corrected chi connectivity index (χ4v) is 2.06. The quantitative estimate of drug-likeness (QED) is 0.382. The molecule has 0 rings (SSSR count). The minimum absolute atomic E-state index is 0.227. The van der Waals surface area contributed by atoms with E-state index in [0.717, 1.165) is 0 Å². The monoisotopic (exact) mass is 229 g/mol. The number of methoxy groups -OCH3 is 2. The van der Waals surface area contributed by atoms with E-state index in [-0.39, 0.29) is 6.61 Å². The number of hydrogen-bond acceptors (Lipinski definition) is 4. The van der Waals surface area contributed by atoms with Crippen LogP contribution < -0.4 is 0 Å². The van der Waals surface area contributed by atoms with Crippen LogP contribution in [0.3, 0.4) is 0 Å². The molecular formula is C7H15ClO4P+. The van der Waals surface area contributed by atoms with Gasteiger partial charge in [-0.15, -0.1) is 16.1 Å². The highest BCUT2D eigenvalue weighted by Gasteiger charge is 2.51. The molecule has 0 aliphatic rings. The lowest BCUT2D eigenvalue weighted by molar-refractivity contribution is -0.147. The molecule has 0 fully saturated rings. The first kappa shape index (κ1) is 13.3. The van der Waals surface area contributed by atoms with Gasteiger partial charge in [0, 0.05) is 14.2 Å². The normalized spacial score (nSPS) is 13.1. The molecule has 6 heteroatoms. The standard InChI is InChI=1S/C7H15ClO4P/c1-4-7(10-2,11-3)13(9)12-6-5-8/h4-6H2,1-3H3/q+1. The van der Waals surface area contributed by atoms with Gasteiger partial charge in [0.1, 0.15) is 6.61 Å². The summed E-state index contributed by atoms with van der Waals surface area (Å²) in [5.74, 6) is 0.300. The van der Waals surface area contributed by atoms with E-state index in [1.165, 1.54) is 14.2 Å². The molecule has 0 aromatic rings. The fourth-order valence-electron chi connectivity index (χ4n) is 0.866. The van der Waals surface area contributed by atoms with Gasteiger partial charge >= 0.3 is 13.6 Å². The number of rotatable bonds is 7. The lowest BCUT2D eigenvalue weighted by atomic mass is 10.5. The highest BCUT2D eigenvalue weighted by Crippen LogP contribution is 2.43. The lowest BCUT2D eigenvalue weighted by Crippen LogP contribution is -2.29. The molecule has 1 atom stereocenters. The topological polar surface area (TPSA) is 44.8 Å². The minimum atomic E-state index is -2.01. The Morgan fingerprint density at radius 3 is 2.23 bits per heavy atom. The van der Waals surface area contributed by atoms with Gasteiger partial charge in [0.05, 0.1) is 12.3 Å². The van der Waals surface area contributed by atoms with Crippen molar-refractivity contribution in [2.75, 3.05) is 26.7 Å². The van der Waals surface area contributed by atoms with E-state index in [1.807, 2.05) is 6.92 Å². The maximum Gasteiger partial charge on any atom is 0.575 e. The van der Waals surface area contributed by atoms with Crippen LogP contribution in [0.1, 0.15) is 13.3 Å². The second kappa shape index (κ2) is 6.68. The van der Waals surface area contributed by atoms with E-state index in [0.29, 0.717) is 12.3 Å². The van der Waals surface area contributed by atoms with Crippen molar-refractivity contribution < 1.29 is 18.6 Å². The lowest BCUT2D eigenvalue weighted by Gasteiger charge is -2.16. The van der Waals surface area contributed by atoms with Gasteiger partial charge in [-0.05, 0) is 4.57 Å². The Bertz CT molecular complexity index is 152. The number of halogens is 1. The van der Waals surface area contributed by atoms with Crippen LogP contribution in [-0.2, 0) is 18.6 Å². The van der Waals surface area contributed by atoms with E-state index in [4.69, 9.17) is 25.6 Å². The Hall–Kier alpha value is 0.270. The predicted molar refractivity (Wildman–Crippen MR) is 51.3 cm³/mol. The highest BCUT2D eigenvalue weighted by atomic mass is 35.5. The van der Waals surface area contributed by atoms with Crippen LogP contribution >= 0.6 is 19.6 Å². The molecule has 0 N–H and O–H groups in total. The molecule has 0 aliphatic carbocycles. The summed E-state index contributed by atoms with van der Waals surface area (Å²) < 4.78 is 26.5. The minimum Gasteiger partial charge on any atom is -0.311 e. The Morgan fingerprint density at radius 1 is 1.38 bits per heavy atom. The van der Waals surface area contributed by atoms with E-state index in [1.54, 1.807) is 0 Å². The summed E-state index contributed by atoms with van der Waals surface area (Å²) in [6.45, 7) is 2.04. The number of ether oxygens (including phenoxy) is 2. The zero-order chi connectivity index (χ0) is 10.3. The third kappa shape index (κ3) is 3.49. The van der Waals surface area contributed by atoms with Crippen LogP contribution in [0.2, 0.25) is 0 Å². The van der Waals surface area contributed by atoms with E-state index >= 15 is 0 Å². The molecule has 0 saturated carbocycles. The van der Waals surface area contributed by atoms with Gasteiger partial charge in [-0.25, -0.2) is 0 Å². The van der Waals surface area contributed by atoms with Gasteiger partial charge in [-0.3, -0.25) is 0 Å². The van der Waals surface area contributed by atoms with Gasteiger partial charge in [-0.2, -0.15) is 0 Å². The summed E-state index contributed by atoms with van der Waals surface area (Å²) >= 11 is 5.39. The van der Waals surface area contributed by atoms with Crippen LogP contribution in [-0.4, -0.2) is 32.2 Å². The van der Waals surface area contributed by atoms with Gasteiger partial charge in [0.15, 0.2) is 0 Å². The summed E-state index contributed by atoms with van der Waals surface area (Å²) in [4.78, 5) is 0.